The molecule has 0 spiro atoms. The number of halogens is 2. The SMILES string of the molecule is COC(=O)CCC(=O)c1cc(F)cc(Cl)c1. The first kappa shape index (κ1) is 12.6. The van der Waals surface area contributed by atoms with Gasteiger partial charge in [-0.3, -0.25) is 9.59 Å². The number of methoxy groups -OCH3 is 1. The van der Waals surface area contributed by atoms with Crippen LogP contribution >= 0.6 is 11.6 Å². The van der Waals surface area contributed by atoms with Crippen LogP contribution in [-0.4, -0.2) is 18.9 Å². The summed E-state index contributed by atoms with van der Waals surface area (Å²) in [6, 6.07) is 3.56. The van der Waals surface area contributed by atoms with Gasteiger partial charge in [-0.2, -0.15) is 0 Å². The first-order valence-electron chi connectivity index (χ1n) is 4.59. The molecule has 0 aliphatic heterocycles. The predicted molar refractivity (Wildman–Crippen MR) is 57.0 cm³/mol. The number of rotatable bonds is 4. The average molecular weight is 245 g/mol. The van der Waals surface area contributed by atoms with E-state index < -0.39 is 11.8 Å². The maximum atomic E-state index is 12.9. The van der Waals surface area contributed by atoms with Gasteiger partial charge in [-0.1, -0.05) is 11.6 Å². The molecule has 1 aromatic rings. The lowest BCUT2D eigenvalue weighted by Crippen LogP contribution is -2.06. The maximum absolute atomic E-state index is 12.9. The smallest absolute Gasteiger partial charge is 0.305 e. The molecule has 1 rings (SSSR count). The van der Waals surface area contributed by atoms with Crippen molar-refractivity contribution in [1.82, 2.24) is 0 Å². The first-order chi connectivity index (χ1) is 7.52. The van der Waals surface area contributed by atoms with Crippen LogP contribution in [-0.2, 0) is 9.53 Å². The first-order valence-corrected chi connectivity index (χ1v) is 4.97. The van der Waals surface area contributed by atoms with Gasteiger partial charge in [0.15, 0.2) is 5.78 Å². The molecule has 0 aromatic heterocycles. The third kappa shape index (κ3) is 3.62. The van der Waals surface area contributed by atoms with Crippen molar-refractivity contribution >= 4 is 23.4 Å². The fraction of sp³-hybridized carbons (Fsp3) is 0.273. The number of hydrogen-bond donors (Lipinski definition) is 0. The summed E-state index contributed by atoms with van der Waals surface area (Å²) < 4.78 is 17.3. The van der Waals surface area contributed by atoms with E-state index in [1.54, 1.807) is 0 Å². The van der Waals surface area contributed by atoms with E-state index in [1.807, 2.05) is 0 Å². The Labute approximate surface area is 97.2 Å². The van der Waals surface area contributed by atoms with Crippen molar-refractivity contribution in [2.24, 2.45) is 0 Å². The van der Waals surface area contributed by atoms with Crippen LogP contribution in [0.25, 0.3) is 0 Å². The van der Waals surface area contributed by atoms with E-state index in [2.05, 4.69) is 4.74 Å². The molecular formula is C11H10ClFO3. The summed E-state index contributed by atoms with van der Waals surface area (Å²) in [7, 11) is 1.24. The Kier molecular flexibility index (Phi) is 4.43. The van der Waals surface area contributed by atoms with Gasteiger partial charge < -0.3 is 4.74 Å². The fourth-order valence-electron chi connectivity index (χ4n) is 1.18. The molecule has 0 saturated carbocycles. The number of ketones is 1. The van der Waals surface area contributed by atoms with E-state index in [9.17, 15) is 14.0 Å². The summed E-state index contributed by atoms with van der Waals surface area (Å²) in [5, 5.41) is 0.154. The Hall–Kier alpha value is -1.42. The second kappa shape index (κ2) is 5.61. The van der Waals surface area contributed by atoms with Gasteiger partial charge in [0.05, 0.1) is 13.5 Å². The van der Waals surface area contributed by atoms with E-state index in [1.165, 1.54) is 13.2 Å². The minimum atomic E-state index is -0.575. The zero-order valence-electron chi connectivity index (χ0n) is 8.63. The largest absolute Gasteiger partial charge is 0.469 e. The van der Waals surface area contributed by atoms with Crippen LogP contribution in [0.1, 0.15) is 23.2 Å². The Morgan fingerprint density at radius 3 is 2.56 bits per heavy atom. The highest BCUT2D eigenvalue weighted by Gasteiger charge is 2.11. The normalized spacial score (nSPS) is 9.94. The molecule has 0 aliphatic carbocycles. The van der Waals surface area contributed by atoms with Gasteiger partial charge in [0.2, 0.25) is 0 Å². The number of carbonyl (C=O) groups is 2. The molecular weight excluding hydrogens is 235 g/mol. The van der Waals surface area contributed by atoms with Crippen LogP contribution in [0.5, 0.6) is 0 Å². The van der Waals surface area contributed by atoms with Crippen LogP contribution in [0.4, 0.5) is 4.39 Å². The van der Waals surface area contributed by atoms with E-state index >= 15 is 0 Å². The topological polar surface area (TPSA) is 43.4 Å². The average Bonchev–Trinajstić information content (AvgIpc) is 2.23. The highest BCUT2D eigenvalue weighted by molar-refractivity contribution is 6.31. The molecule has 0 amide bonds. The maximum Gasteiger partial charge on any atom is 0.305 e. The predicted octanol–water partition coefficient (Wildman–Crippen LogP) is 2.62. The van der Waals surface area contributed by atoms with E-state index in [0.29, 0.717) is 0 Å². The Morgan fingerprint density at radius 1 is 1.31 bits per heavy atom. The number of carbonyl (C=O) groups excluding carboxylic acids is 2. The molecule has 0 unspecified atom stereocenters. The van der Waals surface area contributed by atoms with Crippen molar-refractivity contribution in [3.05, 3.63) is 34.6 Å². The van der Waals surface area contributed by atoms with E-state index in [0.717, 1.165) is 12.1 Å². The monoisotopic (exact) mass is 244 g/mol. The Bertz CT molecular complexity index is 397. The van der Waals surface area contributed by atoms with Crippen LogP contribution in [0.15, 0.2) is 18.2 Å². The highest BCUT2D eigenvalue weighted by Crippen LogP contribution is 2.16. The van der Waals surface area contributed by atoms with Crippen molar-refractivity contribution < 1.29 is 18.7 Å². The van der Waals surface area contributed by atoms with Gasteiger partial charge in [0, 0.05) is 17.0 Å². The minimum absolute atomic E-state index is 0.0214. The van der Waals surface area contributed by atoms with E-state index in [4.69, 9.17) is 11.6 Å². The molecule has 1 aromatic carbocycles. The van der Waals surface area contributed by atoms with Crippen molar-refractivity contribution in [2.45, 2.75) is 12.8 Å². The van der Waals surface area contributed by atoms with Crippen LogP contribution in [0.3, 0.4) is 0 Å². The number of hydrogen-bond acceptors (Lipinski definition) is 3. The number of Topliss-reactive ketones (excluding diaryl/α,β-unsaturated/α-hetero) is 1. The third-order valence-corrected chi connectivity index (χ3v) is 2.19. The quantitative estimate of drug-likeness (QED) is 0.604. The lowest BCUT2D eigenvalue weighted by molar-refractivity contribution is -0.140. The fourth-order valence-corrected chi connectivity index (χ4v) is 1.40. The van der Waals surface area contributed by atoms with Gasteiger partial charge in [0.1, 0.15) is 5.82 Å². The zero-order chi connectivity index (χ0) is 12.1. The van der Waals surface area contributed by atoms with Gasteiger partial charge >= 0.3 is 5.97 Å². The summed E-state index contributed by atoms with van der Waals surface area (Å²) in [4.78, 5) is 22.3. The van der Waals surface area contributed by atoms with Crippen LogP contribution in [0.2, 0.25) is 5.02 Å². The molecule has 0 atom stereocenters. The third-order valence-electron chi connectivity index (χ3n) is 1.97. The molecule has 0 fully saturated rings. The lowest BCUT2D eigenvalue weighted by Gasteiger charge is -2.01. The molecule has 0 N–H and O–H groups in total. The molecule has 86 valence electrons. The van der Waals surface area contributed by atoms with Crippen LogP contribution in [0, 0.1) is 5.82 Å². The standard InChI is InChI=1S/C11H10ClFO3/c1-16-11(15)3-2-10(14)7-4-8(12)6-9(13)5-7/h4-6H,2-3H2,1H3. The highest BCUT2D eigenvalue weighted by atomic mass is 35.5. The molecule has 0 aliphatic rings. The minimum Gasteiger partial charge on any atom is -0.469 e. The van der Waals surface area contributed by atoms with Crippen molar-refractivity contribution in [1.29, 1.82) is 0 Å². The van der Waals surface area contributed by atoms with Gasteiger partial charge in [-0.05, 0) is 18.2 Å². The Morgan fingerprint density at radius 2 is 2.00 bits per heavy atom. The van der Waals surface area contributed by atoms with E-state index in [-0.39, 0.29) is 29.2 Å². The van der Waals surface area contributed by atoms with Gasteiger partial charge in [-0.15, -0.1) is 0 Å². The molecule has 0 bridgehead atoms. The van der Waals surface area contributed by atoms with Crippen molar-refractivity contribution in [3.8, 4) is 0 Å². The molecule has 16 heavy (non-hydrogen) atoms. The molecule has 0 saturated heterocycles. The van der Waals surface area contributed by atoms with Gasteiger partial charge in [0.25, 0.3) is 0 Å². The number of ether oxygens (including phenoxy) is 1. The molecule has 3 nitrogen and oxygen atoms in total. The number of esters is 1. The summed E-state index contributed by atoms with van der Waals surface area (Å²) in [6.07, 6.45) is -0.0457. The molecule has 0 radical (unpaired) electrons. The number of benzene rings is 1. The van der Waals surface area contributed by atoms with Crippen molar-refractivity contribution in [3.63, 3.8) is 0 Å². The summed E-state index contributed by atoms with van der Waals surface area (Å²) in [6.45, 7) is 0. The second-order valence-corrected chi connectivity index (χ2v) is 3.59. The molecule has 5 heteroatoms. The second-order valence-electron chi connectivity index (χ2n) is 3.16. The lowest BCUT2D eigenvalue weighted by atomic mass is 10.1. The van der Waals surface area contributed by atoms with Crippen molar-refractivity contribution in [2.75, 3.05) is 7.11 Å². The summed E-state index contributed by atoms with van der Waals surface area (Å²) in [5.41, 5.74) is 0.161. The zero-order valence-corrected chi connectivity index (χ0v) is 9.38. The summed E-state index contributed by atoms with van der Waals surface area (Å²) in [5.74, 6) is -1.39. The van der Waals surface area contributed by atoms with Crippen LogP contribution < -0.4 is 0 Å². The van der Waals surface area contributed by atoms with Gasteiger partial charge in [-0.25, -0.2) is 4.39 Å². The Balaban J connectivity index is 2.69. The molecule has 0 heterocycles. The summed E-state index contributed by atoms with van der Waals surface area (Å²) >= 11 is 5.60.